The highest BCUT2D eigenvalue weighted by Gasteiger charge is 2.32. The Labute approximate surface area is 149 Å². The van der Waals surface area contributed by atoms with Gasteiger partial charge < -0.3 is 20.2 Å². The minimum absolute atomic E-state index is 0.0228. The average molecular weight is 347 g/mol. The fraction of sp³-hybridized carbons (Fsp3) is 0.579. The molecular weight excluding hydrogens is 318 g/mol. The predicted octanol–water partition coefficient (Wildman–Crippen LogP) is 1.91. The molecule has 6 nitrogen and oxygen atoms in total. The first-order valence-electron chi connectivity index (χ1n) is 8.82. The Balaban J connectivity index is 2.01. The lowest BCUT2D eigenvalue weighted by atomic mass is 9.91. The molecule has 25 heavy (non-hydrogen) atoms. The van der Waals surface area contributed by atoms with Crippen LogP contribution in [0.25, 0.3) is 0 Å². The van der Waals surface area contributed by atoms with Gasteiger partial charge >= 0.3 is 12.0 Å². The van der Waals surface area contributed by atoms with Crippen molar-refractivity contribution in [2.24, 2.45) is 11.8 Å². The van der Waals surface area contributed by atoms with Crippen LogP contribution < -0.4 is 5.32 Å². The molecule has 0 spiro atoms. The van der Waals surface area contributed by atoms with Crippen LogP contribution in [0, 0.1) is 11.8 Å². The lowest BCUT2D eigenvalue weighted by molar-refractivity contribution is -0.143. The molecule has 1 aliphatic heterocycles. The molecule has 1 fully saturated rings. The van der Waals surface area contributed by atoms with Crippen molar-refractivity contribution in [1.29, 1.82) is 0 Å². The Morgan fingerprint density at radius 1 is 1.28 bits per heavy atom. The molecule has 2 amide bonds. The molecule has 0 aliphatic carbocycles. The summed E-state index contributed by atoms with van der Waals surface area (Å²) < 4.78 is 0. The van der Waals surface area contributed by atoms with E-state index in [0.717, 1.165) is 13.0 Å². The van der Waals surface area contributed by atoms with Crippen LogP contribution in [0.2, 0.25) is 0 Å². The Morgan fingerprint density at radius 2 is 1.96 bits per heavy atom. The van der Waals surface area contributed by atoms with Crippen molar-refractivity contribution in [3.63, 3.8) is 0 Å². The molecule has 3 atom stereocenters. The molecule has 1 aromatic rings. The number of nitrogens with zero attached hydrogens (tertiary/aromatic N) is 2. The van der Waals surface area contributed by atoms with Gasteiger partial charge in [-0.05, 0) is 38.4 Å². The van der Waals surface area contributed by atoms with Crippen LogP contribution in [0.1, 0.15) is 18.9 Å². The number of carbonyl (C=O) groups excluding carboxylic acids is 1. The van der Waals surface area contributed by atoms with Gasteiger partial charge in [-0.25, -0.2) is 4.79 Å². The normalized spacial score (nSPS) is 21.8. The van der Waals surface area contributed by atoms with E-state index in [-0.39, 0.29) is 24.5 Å². The molecule has 1 aromatic carbocycles. The number of likely N-dealkylation sites (tertiary alicyclic amines) is 1. The van der Waals surface area contributed by atoms with Crippen LogP contribution in [0.15, 0.2) is 30.3 Å². The summed E-state index contributed by atoms with van der Waals surface area (Å²) in [7, 11) is 3.96. The van der Waals surface area contributed by atoms with Crippen LogP contribution in [0.5, 0.6) is 0 Å². The molecule has 0 aromatic heterocycles. The van der Waals surface area contributed by atoms with E-state index in [4.69, 9.17) is 0 Å². The molecular formula is C19H29N3O3. The number of benzene rings is 1. The molecule has 2 rings (SSSR count). The van der Waals surface area contributed by atoms with Gasteiger partial charge in [-0.3, -0.25) is 4.79 Å². The fourth-order valence-corrected chi connectivity index (χ4v) is 3.46. The number of nitrogens with one attached hydrogen (secondary N) is 1. The zero-order valence-corrected chi connectivity index (χ0v) is 15.3. The van der Waals surface area contributed by atoms with E-state index in [1.54, 1.807) is 4.90 Å². The maximum absolute atomic E-state index is 12.7. The van der Waals surface area contributed by atoms with E-state index >= 15 is 0 Å². The smallest absolute Gasteiger partial charge is 0.317 e. The molecule has 1 saturated heterocycles. The Kier molecular flexibility index (Phi) is 6.82. The Bertz CT molecular complexity index is 577. The average Bonchev–Trinajstić information content (AvgIpc) is 2.54. The quantitative estimate of drug-likeness (QED) is 0.824. The first-order chi connectivity index (χ1) is 11.8. The van der Waals surface area contributed by atoms with Gasteiger partial charge in [0.2, 0.25) is 0 Å². The van der Waals surface area contributed by atoms with E-state index in [1.807, 2.05) is 44.1 Å². The number of urea groups is 1. The SMILES string of the molecule is CC1CC(C(=O)O)CN(C(=O)NC(Cc2ccccc2)CN(C)C)C1. The van der Waals surface area contributed by atoms with Crippen LogP contribution in [-0.4, -0.2) is 66.7 Å². The number of aliphatic carboxylic acids is 1. The molecule has 6 heteroatoms. The van der Waals surface area contributed by atoms with Gasteiger partial charge in [-0.1, -0.05) is 37.3 Å². The molecule has 1 heterocycles. The van der Waals surface area contributed by atoms with Crippen molar-refractivity contribution in [2.45, 2.75) is 25.8 Å². The second-order valence-electron chi connectivity index (χ2n) is 7.38. The summed E-state index contributed by atoms with van der Waals surface area (Å²) in [6, 6.07) is 9.88. The largest absolute Gasteiger partial charge is 0.481 e. The number of likely N-dealkylation sites (N-methyl/N-ethyl adjacent to an activating group) is 1. The standard InChI is InChI=1S/C19H29N3O3/c1-14-9-16(18(23)24)12-22(11-14)19(25)20-17(13-21(2)3)10-15-7-5-4-6-8-15/h4-8,14,16-17H,9-13H2,1-3H3,(H,20,25)(H,23,24). The Hall–Kier alpha value is -2.08. The highest BCUT2D eigenvalue weighted by Crippen LogP contribution is 2.22. The van der Waals surface area contributed by atoms with Crippen molar-refractivity contribution in [3.8, 4) is 0 Å². The number of piperidine rings is 1. The number of amides is 2. The van der Waals surface area contributed by atoms with E-state index in [9.17, 15) is 14.7 Å². The van der Waals surface area contributed by atoms with Gasteiger partial charge in [0.15, 0.2) is 0 Å². The summed E-state index contributed by atoms with van der Waals surface area (Å²) in [4.78, 5) is 27.7. The van der Waals surface area contributed by atoms with Crippen molar-refractivity contribution in [3.05, 3.63) is 35.9 Å². The topological polar surface area (TPSA) is 72.9 Å². The zero-order valence-electron chi connectivity index (χ0n) is 15.3. The summed E-state index contributed by atoms with van der Waals surface area (Å²) in [5.41, 5.74) is 1.17. The number of hydrogen-bond acceptors (Lipinski definition) is 3. The molecule has 138 valence electrons. The summed E-state index contributed by atoms with van der Waals surface area (Å²) in [6.45, 7) is 3.62. The molecule has 0 bridgehead atoms. The van der Waals surface area contributed by atoms with Gasteiger partial charge in [0, 0.05) is 25.7 Å². The maximum Gasteiger partial charge on any atom is 0.317 e. The van der Waals surface area contributed by atoms with E-state index < -0.39 is 11.9 Å². The molecule has 0 radical (unpaired) electrons. The first-order valence-corrected chi connectivity index (χ1v) is 8.82. The minimum atomic E-state index is -0.821. The van der Waals surface area contributed by atoms with E-state index in [2.05, 4.69) is 17.4 Å². The number of hydrogen-bond donors (Lipinski definition) is 2. The third kappa shape index (κ3) is 6.05. The lowest BCUT2D eigenvalue weighted by Gasteiger charge is -2.36. The van der Waals surface area contributed by atoms with Crippen LogP contribution >= 0.6 is 0 Å². The van der Waals surface area contributed by atoms with Crippen molar-refractivity contribution >= 4 is 12.0 Å². The van der Waals surface area contributed by atoms with Gasteiger partial charge in [0.1, 0.15) is 0 Å². The summed E-state index contributed by atoms with van der Waals surface area (Å²) in [5, 5.41) is 12.4. The van der Waals surface area contributed by atoms with Gasteiger partial charge in [-0.15, -0.1) is 0 Å². The minimum Gasteiger partial charge on any atom is -0.481 e. The highest BCUT2D eigenvalue weighted by atomic mass is 16.4. The zero-order chi connectivity index (χ0) is 18.4. The number of carboxylic acids is 1. The van der Waals surface area contributed by atoms with Crippen LogP contribution in [-0.2, 0) is 11.2 Å². The van der Waals surface area contributed by atoms with Crippen molar-refractivity contribution in [1.82, 2.24) is 15.1 Å². The van der Waals surface area contributed by atoms with Gasteiger partial charge in [-0.2, -0.15) is 0 Å². The number of carboxylic acid groups (broad SMARTS) is 1. The van der Waals surface area contributed by atoms with Crippen molar-refractivity contribution in [2.75, 3.05) is 33.7 Å². The number of carbonyl (C=O) groups is 2. The predicted molar refractivity (Wildman–Crippen MR) is 97.5 cm³/mol. The first kappa shape index (κ1) is 19.2. The second-order valence-corrected chi connectivity index (χ2v) is 7.38. The Morgan fingerprint density at radius 3 is 2.56 bits per heavy atom. The van der Waals surface area contributed by atoms with Gasteiger partial charge in [0.25, 0.3) is 0 Å². The molecule has 3 unspecified atom stereocenters. The summed E-state index contributed by atoms with van der Waals surface area (Å²) in [6.07, 6.45) is 1.38. The lowest BCUT2D eigenvalue weighted by Crippen LogP contribution is -2.53. The summed E-state index contributed by atoms with van der Waals surface area (Å²) in [5.74, 6) is -1.10. The summed E-state index contributed by atoms with van der Waals surface area (Å²) >= 11 is 0. The highest BCUT2D eigenvalue weighted by molar-refractivity contribution is 5.77. The van der Waals surface area contributed by atoms with Gasteiger partial charge in [0.05, 0.1) is 5.92 Å². The molecule has 0 saturated carbocycles. The van der Waals surface area contributed by atoms with Crippen molar-refractivity contribution < 1.29 is 14.7 Å². The third-order valence-corrected chi connectivity index (χ3v) is 4.53. The maximum atomic E-state index is 12.7. The number of rotatable bonds is 6. The third-order valence-electron chi connectivity index (χ3n) is 4.53. The molecule has 2 N–H and O–H groups in total. The van der Waals surface area contributed by atoms with E-state index in [0.29, 0.717) is 13.0 Å². The fourth-order valence-electron chi connectivity index (χ4n) is 3.46. The van der Waals surface area contributed by atoms with E-state index in [1.165, 1.54) is 5.56 Å². The second kappa shape index (κ2) is 8.85. The molecule has 1 aliphatic rings. The van der Waals surface area contributed by atoms with Crippen LogP contribution in [0.3, 0.4) is 0 Å². The monoisotopic (exact) mass is 347 g/mol. The van der Waals surface area contributed by atoms with Crippen LogP contribution in [0.4, 0.5) is 4.79 Å².